The zero-order chi connectivity index (χ0) is 18.7. The first-order chi connectivity index (χ1) is 12.5. The van der Waals surface area contributed by atoms with E-state index in [1.54, 1.807) is 0 Å². The molecular formula is C22H31N3O. The van der Waals surface area contributed by atoms with E-state index in [0.717, 1.165) is 19.5 Å². The molecule has 140 valence electrons. The largest absolute Gasteiger partial charge is 0.353 e. The van der Waals surface area contributed by atoms with Gasteiger partial charge < -0.3 is 10.6 Å². The van der Waals surface area contributed by atoms with Gasteiger partial charge in [0.2, 0.25) is 5.91 Å². The Morgan fingerprint density at radius 1 is 1.12 bits per heavy atom. The average molecular weight is 354 g/mol. The number of likely N-dealkylation sites (tertiary alicyclic amines) is 1. The Morgan fingerprint density at radius 3 is 2.58 bits per heavy atom. The van der Waals surface area contributed by atoms with Crippen molar-refractivity contribution in [3.63, 3.8) is 0 Å². The van der Waals surface area contributed by atoms with Crippen LogP contribution in [0.15, 0.2) is 42.5 Å². The zero-order valence-corrected chi connectivity index (χ0v) is 16.3. The van der Waals surface area contributed by atoms with Crippen LogP contribution >= 0.6 is 0 Å². The summed E-state index contributed by atoms with van der Waals surface area (Å²) in [5, 5.41) is 9.35. The minimum absolute atomic E-state index is 0.0394. The van der Waals surface area contributed by atoms with Crippen LogP contribution in [0.25, 0.3) is 10.8 Å². The summed E-state index contributed by atoms with van der Waals surface area (Å²) < 4.78 is 0. The van der Waals surface area contributed by atoms with Gasteiger partial charge in [0.25, 0.3) is 0 Å². The molecule has 2 N–H and O–H groups in total. The second kappa shape index (κ2) is 8.19. The summed E-state index contributed by atoms with van der Waals surface area (Å²) in [7, 11) is 0. The van der Waals surface area contributed by atoms with Crippen molar-refractivity contribution in [2.45, 2.75) is 64.8 Å². The molecule has 4 nitrogen and oxygen atoms in total. The van der Waals surface area contributed by atoms with Crippen LogP contribution in [-0.2, 0) is 11.3 Å². The average Bonchev–Trinajstić information content (AvgIpc) is 3.04. The molecule has 4 heteroatoms. The van der Waals surface area contributed by atoms with E-state index in [4.69, 9.17) is 0 Å². The predicted molar refractivity (Wildman–Crippen MR) is 108 cm³/mol. The predicted octanol–water partition coefficient (Wildman–Crippen LogP) is 3.31. The maximum Gasteiger partial charge on any atom is 0.237 e. The Balaban J connectivity index is 1.67. The van der Waals surface area contributed by atoms with Crippen LogP contribution in [0.5, 0.6) is 0 Å². The second-order valence-corrected chi connectivity index (χ2v) is 7.92. The van der Waals surface area contributed by atoms with Crippen LogP contribution < -0.4 is 10.6 Å². The van der Waals surface area contributed by atoms with Gasteiger partial charge in [-0.05, 0) is 50.5 Å². The Morgan fingerprint density at radius 2 is 1.85 bits per heavy atom. The lowest BCUT2D eigenvalue weighted by Crippen LogP contribution is -2.47. The normalized spacial score (nSPS) is 21.0. The summed E-state index contributed by atoms with van der Waals surface area (Å²) in [5.74, 6) is 0.156. The van der Waals surface area contributed by atoms with E-state index in [1.807, 2.05) is 13.8 Å². The highest BCUT2D eigenvalue weighted by Gasteiger charge is 2.37. The number of nitrogens with one attached hydrogen (secondary N) is 2. The first-order valence-electron chi connectivity index (χ1n) is 9.72. The molecule has 3 rings (SSSR count). The zero-order valence-electron chi connectivity index (χ0n) is 16.3. The van der Waals surface area contributed by atoms with E-state index < -0.39 is 0 Å². The first kappa shape index (κ1) is 18.9. The molecule has 1 amide bonds. The second-order valence-electron chi connectivity index (χ2n) is 7.92. The van der Waals surface area contributed by atoms with Crippen molar-refractivity contribution < 1.29 is 4.79 Å². The highest BCUT2D eigenvalue weighted by molar-refractivity contribution is 5.85. The fraction of sp³-hybridized carbons (Fsp3) is 0.500. The fourth-order valence-corrected chi connectivity index (χ4v) is 3.92. The van der Waals surface area contributed by atoms with Gasteiger partial charge in [0.1, 0.15) is 0 Å². The van der Waals surface area contributed by atoms with Gasteiger partial charge in [0.15, 0.2) is 0 Å². The van der Waals surface area contributed by atoms with Gasteiger partial charge in [0, 0.05) is 31.2 Å². The van der Waals surface area contributed by atoms with Gasteiger partial charge >= 0.3 is 0 Å². The standard InChI is InChI=1S/C22H31N3O/c1-15(2)24-22(26)21-12-19(14-25(21)16(3)4)23-13-18-10-7-9-17-8-5-6-11-20(17)18/h5-11,15-16,19,21,23H,12-14H2,1-4H3,(H,24,26)/t19-,21+/m1/s1. The SMILES string of the molecule is CC(C)NC(=O)[C@@H]1C[C@@H](NCc2cccc3ccccc23)CN1C(C)C. The van der Waals surface area contributed by atoms with Crippen molar-refractivity contribution in [1.82, 2.24) is 15.5 Å². The Kier molecular flexibility index (Phi) is 5.94. The van der Waals surface area contributed by atoms with Gasteiger partial charge in [-0.25, -0.2) is 0 Å². The molecule has 2 aromatic carbocycles. The van der Waals surface area contributed by atoms with Crippen LogP contribution in [0.2, 0.25) is 0 Å². The van der Waals surface area contributed by atoms with Gasteiger partial charge in [-0.15, -0.1) is 0 Å². The Bertz CT molecular complexity index is 751. The van der Waals surface area contributed by atoms with Crippen LogP contribution in [0.4, 0.5) is 0 Å². The number of hydrogen-bond donors (Lipinski definition) is 2. The molecule has 0 aliphatic carbocycles. The molecule has 1 aliphatic heterocycles. The molecule has 0 radical (unpaired) electrons. The van der Waals surface area contributed by atoms with Gasteiger partial charge in [-0.2, -0.15) is 0 Å². The summed E-state index contributed by atoms with van der Waals surface area (Å²) in [6, 6.07) is 15.8. The lowest BCUT2D eigenvalue weighted by molar-refractivity contribution is -0.126. The Labute approximate surface area is 157 Å². The van der Waals surface area contributed by atoms with Gasteiger partial charge in [0.05, 0.1) is 6.04 Å². The lowest BCUT2D eigenvalue weighted by Gasteiger charge is -2.27. The summed E-state index contributed by atoms with van der Waals surface area (Å²) >= 11 is 0. The number of fused-ring (bicyclic) bond motifs is 1. The molecule has 2 aromatic rings. The maximum absolute atomic E-state index is 12.6. The molecule has 2 atom stereocenters. The third-order valence-corrected chi connectivity index (χ3v) is 5.20. The quantitative estimate of drug-likeness (QED) is 0.837. The van der Waals surface area contributed by atoms with Crippen LogP contribution in [0.1, 0.15) is 39.7 Å². The number of nitrogens with zero attached hydrogens (tertiary/aromatic N) is 1. The highest BCUT2D eigenvalue weighted by Crippen LogP contribution is 2.23. The molecule has 1 fully saturated rings. The maximum atomic E-state index is 12.6. The van der Waals surface area contributed by atoms with E-state index in [0.29, 0.717) is 12.1 Å². The molecule has 0 saturated carbocycles. The van der Waals surface area contributed by atoms with E-state index in [2.05, 4.69) is 71.8 Å². The van der Waals surface area contributed by atoms with Crippen molar-refractivity contribution in [3.8, 4) is 0 Å². The summed E-state index contributed by atoms with van der Waals surface area (Å²) in [6.07, 6.45) is 0.863. The molecule has 0 aromatic heterocycles. The number of benzene rings is 2. The number of carbonyl (C=O) groups is 1. The molecule has 26 heavy (non-hydrogen) atoms. The number of rotatable bonds is 6. The minimum atomic E-state index is -0.0394. The topological polar surface area (TPSA) is 44.4 Å². The van der Waals surface area contributed by atoms with Crippen molar-refractivity contribution in [1.29, 1.82) is 0 Å². The van der Waals surface area contributed by atoms with Crippen LogP contribution in [0.3, 0.4) is 0 Å². The van der Waals surface area contributed by atoms with Crippen molar-refractivity contribution >= 4 is 16.7 Å². The molecular weight excluding hydrogens is 322 g/mol. The molecule has 1 heterocycles. The molecule has 0 unspecified atom stereocenters. The monoisotopic (exact) mass is 353 g/mol. The summed E-state index contributed by atoms with van der Waals surface area (Å²) in [5.41, 5.74) is 1.31. The van der Waals surface area contributed by atoms with Gasteiger partial charge in [-0.1, -0.05) is 42.5 Å². The molecule has 1 aliphatic rings. The number of amides is 1. The Hall–Kier alpha value is -1.91. The molecule has 0 spiro atoms. The third kappa shape index (κ3) is 4.25. The molecule has 0 bridgehead atoms. The summed E-state index contributed by atoms with van der Waals surface area (Å²) in [6.45, 7) is 10.1. The van der Waals surface area contributed by atoms with Crippen molar-refractivity contribution in [2.24, 2.45) is 0 Å². The van der Waals surface area contributed by atoms with E-state index >= 15 is 0 Å². The molecule has 1 saturated heterocycles. The van der Waals surface area contributed by atoms with E-state index in [9.17, 15) is 4.79 Å². The smallest absolute Gasteiger partial charge is 0.237 e. The van der Waals surface area contributed by atoms with Gasteiger partial charge in [-0.3, -0.25) is 9.69 Å². The minimum Gasteiger partial charge on any atom is -0.353 e. The number of carbonyl (C=O) groups excluding carboxylic acids is 1. The lowest BCUT2D eigenvalue weighted by atomic mass is 10.0. The van der Waals surface area contributed by atoms with E-state index in [1.165, 1.54) is 16.3 Å². The van der Waals surface area contributed by atoms with Crippen LogP contribution in [0, 0.1) is 0 Å². The first-order valence-corrected chi connectivity index (χ1v) is 9.72. The number of hydrogen-bond acceptors (Lipinski definition) is 3. The fourth-order valence-electron chi connectivity index (χ4n) is 3.92. The summed E-state index contributed by atoms with van der Waals surface area (Å²) in [4.78, 5) is 14.9. The van der Waals surface area contributed by atoms with Crippen molar-refractivity contribution in [3.05, 3.63) is 48.0 Å². The van der Waals surface area contributed by atoms with Crippen molar-refractivity contribution in [2.75, 3.05) is 6.54 Å². The third-order valence-electron chi connectivity index (χ3n) is 5.20. The van der Waals surface area contributed by atoms with Crippen LogP contribution in [-0.4, -0.2) is 41.5 Å². The van der Waals surface area contributed by atoms with E-state index in [-0.39, 0.29) is 18.0 Å². The highest BCUT2D eigenvalue weighted by atomic mass is 16.2.